The van der Waals surface area contributed by atoms with E-state index in [1.807, 2.05) is 59.2 Å². The Morgan fingerprint density at radius 2 is 1.05 bits per heavy atom. The molecule has 10 aromatic rings. The smallest absolute Gasteiger partial charge is 0.412 e. The lowest BCUT2D eigenvalue weighted by atomic mass is 10.1. The third-order valence-corrected chi connectivity index (χ3v) is 27.7. The monoisotopic (exact) mass is 2090 g/mol. The Labute approximate surface area is 741 Å². The number of aliphatic hydroxyl groups is 2. The van der Waals surface area contributed by atoms with Crippen molar-refractivity contribution in [2.75, 3.05) is 32.9 Å². The summed E-state index contributed by atoms with van der Waals surface area (Å²) in [6, 6.07) is 18.3. The molecule has 0 bridgehead atoms. The number of urea groups is 2. The van der Waals surface area contributed by atoms with Crippen molar-refractivity contribution in [3.8, 4) is 0 Å². The Kier molecular flexibility index (Phi) is 25.8. The zero-order valence-corrected chi connectivity index (χ0v) is 73.9. The van der Waals surface area contributed by atoms with Crippen LogP contribution >= 0.6 is 112 Å². The fraction of sp³-hybridized carbons (Fsp3) is 0.361. The molecule has 47 heteroatoms. The molecular weight excluding hydrogens is 2010 g/mol. The maximum absolute atomic E-state index is 12.1. The van der Waals surface area contributed by atoms with Crippen molar-refractivity contribution in [3.05, 3.63) is 212 Å². The molecule has 18 N–H and O–H groups in total. The highest BCUT2D eigenvalue weighted by molar-refractivity contribution is 9.13. The fourth-order valence-electron chi connectivity index (χ4n) is 16.5. The SMILES string of the molecule is C.CN1C(=O)N[C@H]2[C@@H]3NC(=O)c4ccc(Br)n4[C@@H]3C[C@]21O.C[N+]1=C2C[C@@H]3[C@@H](NC(=O)c4ccc(Br)n43)[C@@H]2NC1=O.Cn1c(C[C@@H]2C(O)NC(=O)c3ccc(Br)n32)c[nH]c1=O.Cn1c(C[C@@H]2C=[NH+]C(=O)c3ccc(Br)n32)c[nH]c1=O.Cn1c(C[C@@H]2CNC(=O)c3ccc(Br)n32)c[nH]c1=O.Nc1ncc(C[C@H]2CNC(=O)c3cc(Br)c(Br)n32)[nH]1.O.[2HH].[2HH].[2HH].[2HH].[B]. The lowest BCUT2D eigenvalue weighted by Crippen LogP contribution is -2.77. The standard InChI is InChI=1S/2C12H13BrN4O3.C12H11BrN4O2.C12H13BrN4O2.C12H11BrN4O2.C11H11Br2N5O.CH4.B.H2O.4H2/c1-16-11(19)15-9-8-6(4-12(9,16)20)17-5(10(18)14-8)2-3-7(17)13;1-16-6(5-14-12(16)20)4-8-11(19)15-10(18)7-2-3-9(13)17(7)8;1-16-6-4-7-10(9(6)15-12(16)19)14-11(18)5-2-3-8(13)17(5)7;2*1-16-7(5-15-12(16)19)4-8-6-14-11(18)9-2-3-10(13)17(8)9;12-7-2-8-10(19)15-4-6(18(8)9(7)13)1-5-3-16-11(14)17-5;;;;;;;/h2-3,6,8-9,20H,4H2,1H3,(H,14,18)(H,15,19);2-3,5,8,11,19H,4H2,1H3,(H,14,20)(H,15,18);2-3,7,9-10H,4H2,1H3,(H-,14,15,18,19);2-3,5,8H,4,6H2,1H3,(H,14,18)(H,15,19);2-3,5-6,8H,4H2,1H3,(H,15,19);2-3,6H,1,4H2,(H,15,19)(H3,14,16,17);1H4;;1H2;4*1H/p+2/t6-,8-,9+,12+;8-,11?;7-,9-,10-;2*8-;6-;;;;;;;/m111110......./s1/i;;;;;;;;;4*1+1. The zero-order valence-electron chi connectivity index (χ0n) is 62.8. The maximum Gasteiger partial charge on any atom is 0.491 e. The zero-order chi connectivity index (χ0) is 82.7. The first kappa shape index (κ1) is 88.4. The van der Waals surface area contributed by atoms with Gasteiger partial charge >= 0.3 is 35.0 Å². The number of hydrogen-bond acceptors (Lipinski definition) is 15. The normalized spacial score (nSPS) is 23.8. The molecule has 2 saturated carbocycles. The van der Waals surface area contributed by atoms with Gasteiger partial charge in [-0.25, -0.2) is 34.3 Å². The van der Waals surface area contributed by atoms with Gasteiger partial charge in [0.05, 0.1) is 87.6 Å². The highest BCUT2D eigenvalue weighted by Crippen LogP contribution is 2.47. The molecule has 10 aromatic heterocycles. The van der Waals surface area contributed by atoms with Gasteiger partial charge in [-0.2, -0.15) is 14.4 Å². The molecule has 12 atom stereocenters. The molecular formula is C72H88BBr7N25O14+2. The summed E-state index contributed by atoms with van der Waals surface area (Å²) in [5.41, 5.74) is 12.0. The van der Waals surface area contributed by atoms with Crippen LogP contribution in [0.2, 0.25) is 0 Å². The quantitative estimate of drug-likeness (QED) is 0.0768. The second-order valence-corrected chi connectivity index (χ2v) is 34.6. The van der Waals surface area contributed by atoms with Gasteiger partial charge in [-0.05, 0) is 178 Å². The van der Waals surface area contributed by atoms with Crippen molar-refractivity contribution in [1.29, 1.82) is 0 Å². The van der Waals surface area contributed by atoms with Crippen molar-refractivity contribution >= 4 is 185 Å². The topological polar surface area (TPSA) is 511 Å². The number of anilines is 1. The molecule has 18 heterocycles. The van der Waals surface area contributed by atoms with E-state index < -0.39 is 18.0 Å². The molecule has 119 heavy (non-hydrogen) atoms. The summed E-state index contributed by atoms with van der Waals surface area (Å²) >= 11 is 24.2. The van der Waals surface area contributed by atoms with Crippen LogP contribution in [0.15, 0.2) is 138 Å². The molecule has 8 aliphatic heterocycles. The number of rotatable bonds is 8. The van der Waals surface area contributed by atoms with E-state index in [0.717, 1.165) is 68.8 Å². The van der Waals surface area contributed by atoms with Gasteiger partial charge in [-0.1, -0.05) is 7.43 Å². The molecule has 2 aliphatic carbocycles. The van der Waals surface area contributed by atoms with E-state index in [-0.39, 0.29) is 146 Å². The second-order valence-electron chi connectivity index (χ2n) is 28.9. The largest absolute Gasteiger partial charge is 0.491 e. The number of aromatic amines is 4. The highest BCUT2D eigenvalue weighted by Gasteiger charge is 2.64. The van der Waals surface area contributed by atoms with Crippen molar-refractivity contribution in [2.45, 2.75) is 118 Å². The first-order valence-electron chi connectivity index (χ1n) is 36.1. The number of nitrogens with zero attached hydrogens (tertiary/aromatic N) is 12. The minimum Gasteiger partial charge on any atom is -0.412 e. The predicted octanol–water partition coefficient (Wildman–Crippen LogP) is 3.06. The van der Waals surface area contributed by atoms with Crippen LogP contribution in [-0.4, -0.2) is 222 Å². The molecule has 0 aromatic carbocycles. The van der Waals surface area contributed by atoms with Gasteiger partial charge in [-0.3, -0.25) is 42.6 Å². The highest BCUT2D eigenvalue weighted by atomic mass is 79.9. The number of carbonyl (C=O) groups excluding carboxylic acids is 8. The second kappa shape index (κ2) is 34.7. The molecule has 20 rings (SSSR count). The van der Waals surface area contributed by atoms with Gasteiger partial charge in [-0.15, -0.1) is 0 Å². The third-order valence-electron chi connectivity index (χ3n) is 22.6. The molecule has 39 nitrogen and oxygen atoms in total. The van der Waals surface area contributed by atoms with Crippen LogP contribution in [0.25, 0.3) is 0 Å². The molecule has 3 radical (unpaired) electrons. The number of nitrogens with two attached hydrogens (primary N) is 1. The summed E-state index contributed by atoms with van der Waals surface area (Å²) in [4.78, 5) is 148. The summed E-state index contributed by atoms with van der Waals surface area (Å²) in [6.45, 7) is 1.13. The molecule has 10 amide bonds. The first-order valence-corrected chi connectivity index (χ1v) is 41.6. The van der Waals surface area contributed by atoms with Crippen molar-refractivity contribution < 1.29 is 69.3 Å². The van der Waals surface area contributed by atoms with E-state index in [0.29, 0.717) is 83.5 Å². The van der Waals surface area contributed by atoms with Crippen LogP contribution < -0.4 is 65.0 Å². The van der Waals surface area contributed by atoms with Crippen molar-refractivity contribution in [1.82, 2.24) is 108 Å². The van der Waals surface area contributed by atoms with Crippen LogP contribution in [0.1, 0.15) is 148 Å². The van der Waals surface area contributed by atoms with E-state index in [1.54, 1.807) is 115 Å². The molecule has 3 fully saturated rings. The van der Waals surface area contributed by atoms with E-state index >= 15 is 0 Å². The number of nitrogens with one attached hydrogen (secondary N) is 12. The number of nitrogen functional groups attached to an aromatic ring is 1. The fourth-order valence-corrected chi connectivity index (χ4v) is 20.5. The Morgan fingerprint density at radius 1 is 0.571 bits per heavy atom. The number of hydrogen-bond donors (Lipinski definition) is 15. The summed E-state index contributed by atoms with van der Waals surface area (Å²) in [7, 11) is 8.46. The van der Waals surface area contributed by atoms with Crippen LogP contribution in [0, 0.1) is 0 Å². The van der Waals surface area contributed by atoms with Gasteiger partial charge < -0.3 is 101 Å². The number of likely N-dealkylation sites (N-methyl/N-ethyl adjacent to an activating group) is 1. The van der Waals surface area contributed by atoms with E-state index in [2.05, 4.69) is 179 Å². The van der Waals surface area contributed by atoms with E-state index in [9.17, 15) is 63.0 Å². The molecule has 10 aliphatic rings. The van der Waals surface area contributed by atoms with Gasteiger partial charge in [0.15, 0.2) is 29.6 Å². The van der Waals surface area contributed by atoms with Gasteiger partial charge in [0.2, 0.25) is 0 Å². The number of amides is 10. The number of halogens is 7. The van der Waals surface area contributed by atoms with Crippen molar-refractivity contribution in [2.24, 2.45) is 21.1 Å². The third kappa shape index (κ3) is 16.1. The summed E-state index contributed by atoms with van der Waals surface area (Å²) in [5, 5.41) is 40.8. The van der Waals surface area contributed by atoms with Crippen LogP contribution in [-0.2, 0) is 46.8 Å². The minimum absolute atomic E-state index is 0. The van der Waals surface area contributed by atoms with Gasteiger partial charge in [0.1, 0.15) is 52.5 Å². The van der Waals surface area contributed by atoms with Crippen LogP contribution in [0.5, 0.6) is 0 Å². The average molecular weight is 2100 g/mol. The Hall–Kier alpha value is -9.88. The first-order chi connectivity index (χ1) is 55.2. The summed E-state index contributed by atoms with van der Waals surface area (Å²) in [6.07, 6.45) is 11.1. The molecule has 1 saturated heterocycles. The van der Waals surface area contributed by atoms with E-state index in [4.69, 9.17) is 5.73 Å². The lowest BCUT2D eigenvalue weighted by molar-refractivity contribution is -0.388. The van der Waals surface area contributed by atoms with Gasteiger partial charge in [0, 0.05) is 135 Å². The Bertz CT molecular complexity index is 5990. The number of aromatic nitrogens is 14. The average Bonchev–Trinajstić information content (AvgIpc) is 1.55. The maximum atomic E-state index is 12.1. The Balaban J connectivity index is 0.000000181. The molecule has 635 valence electrons. The molecule has 1 unspecified atom stereocenters. The predicted molar refractivity (Wildman–Crippen MR) is 465 cm³/mol. The number of aliphatic hydroxyl groups excluding tert-OH is 1. The number of imidazole rings is 4. The van der Waals surface area contributed by atoms with Gasteiger partial charge in [0.25, 0.3) is 29.5 Å². The number of H-pyrrole nitrogens is 4. The summed E-state index contributed by atoms with van der Waals surface area (Å²) < 4.78 is 23.7. The van der Waals surface area contributed by atoms with Crippen molar-refractivity contribution in [3.63, 3.8) is 0 Å². The molecule has 0 spiro atoms. The lowest BCUT2D eigenvalue weighted by Gasteiger charge is -2.32. The minimum atomic E-state index is -1.27. The Morgan fingerprint density at radius 3 is 1.61 bits per heavy atom. The number of fused-ring (bicyclic) bond motifs is 14. The summed E-state index contributed by atoms with van der Waals surface area (Å²) in [5.74, 6) is -0.436. The van der Waals surface area contributed by atoms with E-state index in [1.165, 1.54) is 9.47 Å². The number of carbonyl (C=O) groups is 8. The van der Waals surface area contributed by atoms with Crippen LogP contribution in [0.3, 0.4) is 0 Å². The van der Waals surface area contributed by atoms with Crippen LogP contribution in [0.4, 0.5) is 15.5 Å².